The molecule has 1 aliphatic rings. The first-order valence-corrected chi connectivity index (χ1v) is 9.35. The molecule has 0 saturated carbocycles. The van der Waals surface area contributed by atoms with E-state index in [0.717, 1.165) is 17.7 Å². The van der Waals surface area contributed by atoms with Gasteiger partial charge in [0.15, 0.2) is 0 Å². The maximum atomic E-state index is 12.6. The molecule has 1 fully saturated rings. The molecule has 5 nitrogen and oxygen atoms in total. The van der Waals surface area contributed by atoms with Crippen molar-refractivity contribution < 1.29 is 14.3 Å². The molecule has 1 atom stereocenters. The summed E-state index contributed by atoms with van der Waals surface area (Å²) in [5, 5.41) is 3.48. The van der Waals surface area contributed by atoms with Gasteiger partial charge in [0.25, 0.3) is 0 Å². The van der Waals surface area contributed by atoms with Gasteiger partial charge in [-0.25, -0.2) is 0 Å². The minimum absolute atomic E-state index is 0.100. The molecule has 0 bridgehead atoms. The number of carbonyl (C=O) groups is 2. The lowest BCUT2D eigenvalue weighted by molar-refractivity contribution is -0.122. The van der Waals surface area contributed by atoms with Crippen LogP contribution in [0.4, 0.5) is 11.4 Å². The average Bonchev–Trinajstić information content (AvgIpc) is 3.06. The SMILES string of the molecule is CCc1ccc(NC(=O)C2CC(=O)N(c3cc(C)c(Cl)cc3OC)C2)cc1. The van der Waals surface area contributed by atoms with Crippen LogP contribution in [0.25, 0.3) is 0 Å². The molecule has 142 valence electrons. The standard InChI is InChI=1S/C21H23ClN2O3/c1-4-14-5-7-16(8-6-14)23-21(26)15-10-20(25)24(12-15)18-9-13(2)17(22)11-19(18)27-3/h5-9,11,15H,4,10,12H2,1-3H3,(H,23,26). The van der Waals surface area contributed by atoms with E-state index in [9.17, 15) is 9.59 Å². The molecular weight excluding hydrogens is 364 g/mol. The van der Waals surface area contributed by atoms with Gasteiger partial charge in [-0.05, 0) is 42.7 Å². The van der Waals surface area contributed by atoms with Crippen molar-refractivity contribution in [2.24, 2.45) is 5.92 Å². The normalized spacial score (nSPS) is 16.5. The number of hydrogen-bond acceptors (Lipinski definition) is 3. The Morgan fingerprint density at radius 1 is 1.30 bits per heavy atom. The predicted octanol–water partition coefficient (Wildman–Crippen LogP) is 4.21. The van der Waals surface area contributed by atoms with Gasteiger partial charge in [-0.1, -0.05) is 30.7 Å². The Bertz CT molecular complexity index is 864. The molecule has 6 heteroatoms. The molecule has 1 N–H and O–H groups in total. The van der Waals surface area contributed by atoms with E-state index in [0.29, 0.717) is 23.0 Å². The second kappa shape index (κ2) is 8.01. The predicted molar refractivity (Wildman–Crippen MR) is 108 cm³/mol. The fourth-order valence-corrected chi connectivity index (χ4v) is 3.36. The van der Waals surface area contributed by atoms with Crippen LogP contribution in [0.3, 0.4) is 0 Å². The van der Waals surface area contributed by atoms with Gasteiger partial charge in [0.05, 0.1) is 18.7 Å². The van der Waals surface area contributed by atoms with Crippen LogP contribution in [0.15, 0.2) is 36.4 Å². The van der Waals surface area contributed by atoms with Crippen LogP contribution in [0.5, 0.6) is 5.75 Å². The zero-order valence-corrected chi connectivity index (χ0v) is 16.5. The Morgan fingerprint density at radius 3 is 2.63 bits per heavy atom. The third-order valence-corrected chi connectivity index (χ3v) is 5.28. The summed E-state index contributed by atoms with van der Waals surface area (Å²) in [5.41, 5.74) is 3.44. The van der Waals surface area contributed by atoms with Gasteiger partial charge in [0.1, 0.15) is 5.75 Å². The average molecular weight is 387 g/mol. The lowest BCUT2D eigenvalue weighted by atomic mass is 10.1. The highest BCUT2D eigenvalue weighted by atomic mass is 35.5. The Balaban J connectivity index is 1.75. The molecule has 2 amide bonds. The first kappa shape index (κ1) is 19.2. The molecule has 1 saturated heterocycles. The summed E-state index contributed by atoms with van der Waals surface area (Å²) in [4.78, 5) is 26.8. The Hall–Kier alpha value is -2.53. The Morgan fingerprint density at radius 2 is 2.00 bits per heavy atom. The van der Waals surface area contributed by atoms with Crippen LogP contribution in [-0.2, 0) is 16.0 Å². The summed E-state index contributed by atoms with van der Waals surface area (Å²) >= 11 is 6.15. The van der Waals surface area contributed by atoms with Crippen LogP contribution in [-0.4, -0.2) is 25.5 Å². The lowest BCUT2D eigenvalue weighted by Crippen LogP contribution is -2.28. The summed E-state index contributed by atoms with van der Waals surface area (Å²) < 4.78 is 5.38. The van der Waals surface area contributed by atoms with Gasteiger partial charge >= 0.3 is 0 Å². The highest BCUT2D eigenvalue weighted by molar-refractivity contribution is 6.31. The second-order valence-electron chi connectivity index (χ2n) is 6.72. The summed E-state index contributed by atoms with van der Waals surface area (Å²) in [6.45, 7) is 4.27. The van der Waals surface area contributed by atoms with Crippen molar-refractivity contribution in [2.45, 2.75) is 26.7 Å². The number of nitrogens with zero attached hydrogens (tertiary/aromatic N) is 1. The Labute approximate surface area is 164 Å². The number of nitrogens with one attached hydrogen (secondary N) is 1. The van der Waals surface area contributed by atoms with Gasteiger partial charge in [0, 0.05) is 29.7 Å². The fraction of sp³-hybridized carbons (Fsp3) is 0.333. The minimum atomic E-state index is -0.413. The molecule has 0 aliphatic carbocycles. The van der Waals surface area contributed by atoms with Crippen molar-refractivity contribution in [3.8, 4) is 5.75 Å². The molecule has 1 aliphatic heterocycles. The van der Waals surface area contributed by atoms with Crippen molar-refractivity contribution >= 4 is 34.8 Å². The molecule has 2 aromatic rings. The third kappa shape index (κ3) is 4.08. The maximum Gasteiger partial charge on any atom is 0.229 e. The van der Waals surface area contributed by atoms with Crippen LogP contribution >= 0.6 is 11.6 Å². The highest BCUT2D eigenvalue weighted by Gasteiger charge is 2.36. The van der Waals surface area contributed by atoms with Crippen molar-refractivity contribution in [1.82, 2.24) is 0 Å². The number of halogens is 1. The number of rotatable bonds is 5. The Kier molecular flexibility index (Phi) is 5.71. The van der Waals surface area contributed by atoms with Crippen molar-refractivity contribution in [2.75, 3.05) is 23.9 Å². The number of benzene rings is 2. The summed E-state index contributed by atoms with van der Waals surface area (Å²) in [6, 6.07) is 11.3. The third-order valence-electron chi connectivity index (χ3n) is 4.88. The highest BCUT2D eigenvalue weighted by Crippen LogP contribution is 2.37. The van der Waals surface area contributed by atoms with E-state index in [1.807, 2.05) is 37.3 Å². The van der Waals surface area contributed by atoms with E-state index in [2.05, 4.69) is 12.2 Å². The largest absolute Gasteiger partial charge is 0.495 e. The number of ether oxygens (including phenoxy) is 1. The molecule has 1 unspecified atom stereocenters. The molecular formula is C21H23ClN2O3. The number of amides is 2. The van der Waals surface area contributed by atoms with Crippen molar-refractivity contribution in [3.63, 3.8) is 0 Å². The van der Waals surface area contributed by atoms with Crippen molar-refractivity contribution in [3.05, 3.63) is 52.5 Å². The van der Waals surface area contributed by atoms with Crippen LogP contribution < -0.4 is 15.0 Å². The quantitative estimate of drug-likeness (QED) is 0.837. The fourth-order valence-electron chi connectivity index (χ4n) is 3.21. The zero-order valence-electron chi connectivity index (χ0n) is 15.7. The topological polar surface area (TPSA) is 58.6 Å². The molecule has 3 rings (SSSR count). The summed E-state index contributed by atoms with van der Waals surface area (Å²) in [7, 11) is 1.54. The van der Waals surface area contributed by atoms with E-state index < -0.39 is 5.92 Å². The summed E-state index contributed by atoms with van der Waals surface area (Å²) in [6.07, 6.45) is 1.12. The zero-order chi connectivity index (χ0) is 19.6. The minimum Gasteiger partial charge on any atom is -0.495 e. The molecule has 0 spiro atoms. The molecule has 0 aromatic heterocycles. The first-order chi connectivity index (χ1) is 12.9. The van der Waals surface area contributed by atoms with E-state index in [1.54, 1.807) is 11.0 Å². The van der Waals surface area contributed by atoms with E-state index in [4.69, 9.17) is 16.3 Å². The number of anilines is 2. The second-order valence-corrected chi connectivity index (χ2v) is 7.13. The van der Waals surface area contributed by atoms with Crippen LogP contribution in [0, 0.1) is 12.8 Å². The number of methoxy groups -OCH3 is 1. The molecule has 1 heterocycles. The van der Waals surface area contributed by atoms with Crippen molar-refractivity contribution in [1.29, 1.82) is 0 Å². The van der Waals surface area contributed by atoms with Gasteiger partial charge in [-0.2, -0.15) is 0 Å². The molecule has 27 heavy (non-hydrogen) atoms. The number of aryl methyl sites for hydroxylation is 2. The number of hydrogen-bond donors (Lipinski definition) is 1. The van der Waals surface area contributed by atoms with E-state index in [1.165, 1.54) is 12.7 Å². The van der Waals surface area contributed by atoms with E-state index in [-0.39, 0.29) is 18.2 Å². The number of carbonyl (C=O) groups excluding carboxylic acids is 2. The van der Waals surface area contributed by atoms with Crippen LogP contribution in [0.2, 0.25) is 5.02 Å². The summed E-state index contributed by atoms with van der Waals surface area (Å²) in [5.74, 6) is -0.143. The lowest BCUT2D eigenvalue weighted by Gasteiger charge is -2.20. The van der Waals surface area contributed by atoms with E-state index >= 15 is 0 Å². The smallest absolute Gasteiger partial charge is 0.229 e. The monoisotopic (exact) mass is 386 g/mol. The van der Waals surface area contributed by atoms with Gasteiger partial charge in [-0.15, -0.1) is 0 Å². The van der Waals surface area contributed by atoms with Gasteiger partial charge < -0.3 is 15.0 Å². The molecule has 0 radical (unpaired) electrons. The first-order valence-electron chi connectivity index (χ1n) is 8.97. The van der Waals surface area contributed by atoms with Gasteiger partial charge in [-0.3, -0.25) is 9.59 Å². The van der Waals surface area contributed by atoms with Gasteiger partial charge in [0.2, 0.25) is 11.8 Å². The maximum absolute atomic E-state index is 12.6. The molecule has 2 aromatic carbocycles. The van der Waals surface area contributed by atoms with Crippen LogP contribution in [0.1, 0.15) is 24.5 Å².